The summed E-state index contributed by atoms with van der Waals surface area (Å²) in [6, 6.07) is 0. The van der Waals surface area contributed by atoms with Crippen molar-refractivity contribution in [2.75, 3.05) is 0 Å². The van der Waals surface area contributed by atoms with Crippen molar-refractivity contribution in [1.82, 2.24) is 9.38 Å². The summed E-state index contributed by atoms with van der Waals surface area (Å²) in [4.78, 5) is 5.47. The highest BCUT2D eigenvalue weighted by Crippen LogP contribution is 2.22. The van der Waals surface area contributed by atoms with Crippen LogP contribution in [0.25, 0.3) is 4.96 Å². The van der Waals surface area contributed by atoms with Gasteiger partial charge >= 0.3 is 0 Å². The van der Waals surface area contributed by atoms with Gasteiger partial charge in [-0.25, -0.2) is 4.98 Å². The molecule has 4 heteroatoms. The molecule has 2 aromatic heterocycles. The molecule has 2 rings (SSSR count). The highest BCUT2D eigenvalue weighted by molar-refractivity contribution is 9.11. The molecule has 2 aromatic rings. The average molecular weight is 231 g/mol. The zero-order chi connectivity index (χ0) is 7.84. The number of aromatic nitrogens is 2. The lowest BCUT2D eigenvalue weighted by Crippen LogP contribution is -1.75. The van der Waals surface area contributed by atoms with Crippen molar-refractivity contribution in [3.63, 3.8) is 0 Å². The van der Waals surface area contributed by atoms with E-state index in [1.54, 1.807) is 11.3 Å². The van der Waals surface area contributed by atoms with Crippen molar-refractivity contribution in [2.24, 2.45) is 0 Å². The molecule has 0 spiro atoms. The lowest BCUT2D eigenvalue weighted by molar-refractivity contribution is 1.07. The van der Waals surface area contributed by atoms with Crippen molar-refractivity contribution < 1.29 is 0 Å². The normalized spacial score (nSPS) is 11.1. The summed E-state index contributed by atoms with van der Waals surface area (Å²) in [6.45, 7) is 2.11. The minimum atomic E-state index is 1.01. The molecule has 2 heterocycles. The SMILES string of the molecule is CCc1cn2cc(Br)sc2n1. The maximum absolute atomic E-state index is 4.40. The molecule has 0 saturated heterocycles. The third-order valence-corrected chi connectivity index (χ3v) is 3.02. The fourth-order valence-corrected chi connectivity index (χ4v) is 2.36. The van der Waals surface area contributed by atoms with E-state index in [4.69, 9.17) is 0 Å². The summed E-state index contributed by atoms with van der Waals surface area (Å²) in [5, 5.41) is 0. The number of hydrogen-bond acceptors (Lipinski definition) is 2. The Morgan fingerprint density at radius 3 is 3.09 bits per heavy atom. The summed E-state index contributed by atoms with van der Waals surface area (Å²) in [7, 11) is 0. The van der Waals surface area contributed by atoms with Gasteiger partial charge in [0.15, 0.2) is 4.96 Å². The van der Waals surface area contributed by atoms with Crippen LogP contribution in [0.3, 0.4) is 0 Å². The molecule has 0 radical (unpaired) electrons. The predicted octanol–water partition coefficient (Wildman–Crippen LogP) is 2.72. The minimum absolute atomic E-state index is 1.01. The van der Waals surface area contributed by atoms with Gasteiger partial charge in [-0.3, -0.25) is 4.40 Å². The molecule has 2 nitrogen and oxygen atoms in total. The molecular formula is C7H7BrN2S. The Morgan fingerprint density at radius 1 is 1.64 bits per heavy atom. The third kappa shape index (κ3) is 1.20. The van der Waals surface area contributed by atoms with Crippen LogP contribution in [0.15, 0.2) is 16.2 Å². The predicted molar refractivity (Wildman–Crippen MR) is 50.1 cm³/mol. The summed E-state index contributed by atoms with van der Waals surface area (Å²) in [6.07, 6.45) is 5.11. The molecule has 0 unspecified atom stereocenters. The summed E-state index contributed by atoms with van der Waals surface area (Å²) in [5.74, 6) is 0. The van der Waals surface area contributed by atoms with Crippen LogP contribution in [0.1, 0.15) is 12.6 Å². The lowest BCUT2D eigenvalue weighted by Gasteiger charge is -1.80. The highest BCUT2D eigenvalue weighted by atomic mass is 79.9. The van der Waals surface area contributed by atoms with Crippen LogP contribution in [0.2, 0.25) is 0 Å². The molecule has 58 valence electrons. The summed E-state index contributed by atoms with van der Waals surface area (Å²) < 4.78 is 3.18. The Bertz CT molecular complexity index is 345. The van der Waals surface area contributed by atoms with E-state index in [2.05, 4.69) is 34.0 Å². The van der Waals surface area contributed by atoms with E-state index in [1.807, 2.05) is 10.6 Å². The van der Waals surface area contributed by atoms with E-state index < -0.39 is 0 Å². The monoisotopic (exact) mass is 230 g/mol. The van der Waals surface area contributed by atoms with Crippen LogP contribution >= 0.6 is 27.3 Å². The number of halogens is 1. The Balaban J connectivity index is 2.64. The van der Waals surface area contributed by atoms with Crippen LogP contribution in [0.5, 0.6) is 0 Å². The van der Waals surface area contributed by atoms with E-state index >= 15 is 0 Å². The molecule has 0 aliphatic rings. The van der Waals surface area contributed by atoms with Gasteiger partial charge in [0.05, 0.1) is 9.48 Å². The van der Waals surface area contributed by atoms with Gasteiger partial charge in [-0.2, -0.15) is 0 Å². The molecule has 0 bridgehead atoms. The van der Waals surface area contributed by atoms with Gasteiger partial charge in [0.1, 0.15) is 0 Å². The number of thiazole rings is 1. The smallest absolute Gasteiger partial charge is 0.194 e. The van der Waals surface area contributed by atoms with Gasteiger partial charge in [-0.15, -0.1) is 0 Å². The van der Waals surface area contributed by atoms with Gasteiger partial charge in [0.2, 0.25) is 0 Å². The Labute approximate surface area is 77.0 Å². The number of nitrogens with zero attached hydrogens (tertiary/aromatic N) is 2. The van der Waals surface area contributed by atoms with E-state index in [0.717, 1.165) is 20.9 Å². The first-order chi connectivity index (χ1) is 5.29. The number of rotatable bonds is 1. The van der Waals surface area contributed by atoms with Gasteiger partial charge in [-0.05, 0) is 22.4 Å². The topological polar surface area (TPSA) is 17.3 Å². The maximum Gasteiger partial charge on any atom is 0.194 e. The van der Waals surface area contributed by atoms with E-state index in [9.17, 15) is 0 Å². The van der Waals surface area contributed by atoms with Crippen molar-refractivity contribution in [2.45, 2.75) is 13.3 Å². The quantitative estimate of drug-likeness (QED) is 0.737. The van der Waals surface area contributed by atoms with Crippen molar-refractivity contribution in [1.29, 1.82) is 0 Å². The molecule has 0 N–H and O–H groups in total. The molecule has 0 fully saturated rings. The van der Waals surface area contributed by atoms with Gasteiger partial charge in [0.25, 0.3) is 0 Å². The molecule has 0 atom stereocenters. The average Bonchev–Trinajstić information content (AvgIpc) is 2.43. The zero-order valence-electron chi connectivity index (χ0n) is 6.04. The Kier molecular flexibility index (Phi) is 1.73. The van der Waals surface area contributed by atoms with Crippen molar-refractivity contribution in [3.8, 4) is 0 Å². The van der Waals surface area contributed by atoms with Gasteiger partial charge in [-0.1, -0.05) is 18.3 Å². The second-order valence-corrected chi connectivity index (χ2v) is 4.70. The van der Waals surface area contributed by atoms with Crippen molar-refractivity contribution >= 4 is 32.2 Å². The largest absolute Gasteiger partial charge is 0.296 e. The third-order valence-electron chi connectivity index (χ3n) is 1.54. The summed E-state index contributed by atoms with van der Waals surface area (Å²) >= 11 is 5.06. The Hall–Kier alpha value is -0.350. The lowest BCUT2D eigenvalue weighted by atomic mass is 10.4. The molecule has 11 heavy (non-hydrogen) atoms. The number of imidazole rings is 1. The summed E-state index contributed by atoms with van der Waals surface area (Å²) in [5.41, 5.74) is 1.16. The molecule has 0 saturated carbocycles. The van der Waals surface area contributed by atoms with E-state index in [-0.39, 0.29) is 0 Å². The minimum Gasteiger partial charge on any atom is -0.296 e. The van der Waals surface area contributed by atoms with E-state index in [1.165, 1.54) is 0 Å². The highest BCUT2D eigenvalue weighted by Gasteiger charge is 2.02. The molecule has 0 aromatic carbocycles. The fraction of sp³-hybridized carbons (Fsp3) is 0.286. The number of hydrogen-bond donors (Lipinski definition) is 0. The Morgan fingerprint density at radius 2 is 2.45 bits per heavy atom. The van der Waals surface area contributed by atoms with Crippen LogP contribution < -0.4 is 0 Å². The molecule has 0 aliphatic carbocycles. The number of aryl methyl sites for hydroxylation is 1. The first-order valence-corrected chi connectivity index (χ1v) is 5.03. The standard InChI is InChI=1S/C7H7BrN2S/c1-2-5-3-10-4-6(8)11-7(10)9-5/h3-4H,2H2,1H3. The first kappa shape index (κ1) is 7.31. The maximum atomic E-state index is 4.40. The van der Waals surface area contributed by atoms with Crippen LogP contribution in [0, 0.1) is 0 Å². The van der Waals surface area contributed by atoms with E-state index in [0.29, 0.717) is 0 Å². The second-order valence-electron chi connectivity index (χ2n) is 2.31. The van der Waals surface area contributed by atoms with Gasteiger partial charge in [0, 0.05) is 12.4 Å². The zero-order valence-corrected chi connectivity index (χ0v) is 8.44. The fourth-order valence-electron chi connectivity index (χ4n) is 0.986. The molecule has 0 amide bonds. The number of fused-ring (bicyclic) bond motifs is 1. The van der Waals surface area contributed by atoms with Gasteiger partial charge < -0.3 is 0 Å². The molecule has 0 aliphatic heterocycles. The second kappa shape index (κ2) is 2.60. The van der Waals surface area contributed by atoms with Crippen LogP contribution in [-0.4, -0.2) is 9.38 Å². The molecular weight excluding hydrogens is 224 g/mol. The van der Waals surface area contributed by atoms with Crippen LogP contribution in [-0.2, 0) is 6.42 Å². The van der Waals surface area contributed by atoms with Crippen LogP contribution in [0.4, 0.5) is 0 Å². The van der Waals surface area contributed by atoms with Crippen molar-refractivity contribution in [3.05, 3.63) is 21.9 Å². The first-order valence-electron chi connectivity index (χ1n) is 3.42.